The van der Waals surface area contributed by atoms with Gasteiger partial charge in [0.1, 0.15) is 0 Å². The first-order valence-electron chi connectivity index (χ1n) is 5.71. The molecule has 1 aliphatic heterocycles. The molecule has 1 aromatic rings. The molecule has 0 aromatic heterocycles. The highest BCUT2D eigenvalue weighted by Crippen LogP contribution is 2.35. The minimum absolute atomic E-state index is 0.0139. The molecule has 0 aliphatic carbocycles. The van der Waals surface area contributed by atoms with Gasteiger partial charge in [0.25, 0.3) is 0 Å². The molecule has 4 heteroatoms. The predicted octanol–water partition coefficient (Wildman–Crippen LogP) is 2.35. The smallest absolute Gasteiger partial charge is 0.238 e. The third-order valence-electron chi connectivity index (χ3n) is 2.80. The Bertz CT molecular complexity index is 545. The molecule has 3 nitrogen and oxygen atoms in total. The van der Waals surface area contributed by atoms with Crippen LogP contribution in [0.2, 0.25) is 0 Å². The molecule has 2 rings (SSSR count). The summed E-state index contributed by atoms with van der Waals surface area (Å²) < 4.78 is 0. The summed E-state index contributed by atoms with van der Waals surface area (Å²) in [6.07, 6.45) is 5.76. The first kappa shape index (κ1) is 12.7. The Morgan fingerprint density at radius 1 is 1.56 bits per heavy atom. The van der Waals surface area contributed by atoms with Crippen LogP contribution >= 0.6 is 11.8 Å². The van der Waals surface area contributed by atoms with E-state index in [4.69, 9.17) is 6.42 Å². The highest BCUT2D eigenvalue weighted by molar-refractivity contribution is 8.00. The van der Waals surface area contributed by atoms with Crippen molar-refractivity contribution in [2.24, 2.45) is 0 Å². The van der Waals surface area contributed by atoms with Crippen molar-refractivity contribution in [2.75, 3.05) is 17.2 Å². The van der Waals surface area contributed by atoms with E-state index >= 15 is 0 Å². The Kier molecular flexibility index (Phi) is 3.73. The lowest BCUT2D eigenvalue weighted by molar-refractivity contribution is -0.116. The fraction of sp³-hybridized carbons (Fsp3) is 0.286. The number of terminal acetylenes is 1. The van der Waals surface area contributed by atoms with E-state index in [2.05, 4.69) is 5.92 Å². The van der Waals surface area contributed by atoms with Gasteiger partial charge in [0.2, 0.25) is 5.91 Å². The molecule has 0 unspecified atom stereocenters. The van der Waals surface area contributed by atoms with Gasteiger partial charge in [-0.25, -0.2) is 0 Å². The average molecular weight is 259 g/mol. The van der Waals surface area contributed by atoms with Crippen LogP contribution in [0.5, 0.6) is 0 Å². The highest BCUT2D eigenvalue weighted by Gasteiger charge is 2.24. The van der Waals surface area contributed by atoms with Gasteiger partial charge in [0.05, 0.1) is 18.0 Å². The number of Topliss-reactive ketones (excluding diaryl/α,β-unsaturated/α-hetero) is 1. The summed E-state index contributed by atoms with van der Waals surface area (Å²) in [7, 11) is 0. The third-order valence-corrected chi connectivity index (χ3v) is 3.82. The number of nitrogens with zero attached hydrogens (tertiary/aromatic N) is 1. The predicted molar refractivity (Wildman–Crippen MR) is 73.0 cm³/mol. The number of hydrogen-bond acceptors (Lipinski definition) is 3. The summed E-state index contributed by atoms with van der Waals surface area (Å²) in [6.45, 7) is 2.11. The van der Waals surface area contributed by atoms with Gasteiger partial charge < -0.3 is 0 Å². The molecule has 1 aromatic carbocycles. The van der Waals surface area contributed by atoms with Gasteiger partial charge in [-0.15, -0.1) is 18.2 Å². The number of thioether (sulfide) groups is 1. The molecule has 0 fully saturated rings. The van der Waals surface area contributed by atoms with Crippen LogP contribution in [-0.2, 0) is 4.79 Å². The Hall–Kier alpha value is -1.73. The number of carbonyl (C=O) groups excluding carboxylic acids is 2. The number of benzene rings is 1. The molecule has 0 saturated carbocycles. The molecule has 1 aliphatic rings. The normalized spacial score (nSPS) is 14.0. The van der Waals surface area contributed by atoms with Gasteiger partial charge in [-0.3, -0.25) is 14.5 Å². The largest absolute Gasteiger partial charge is 0.299 e. The standard InChI is InChI=1S/C14H13NO2S/c1-3-7-15-11-6-5-10(12(16)4-2)8-13(11)18-9-14(15)17/h1,5-6,8H,4,7,9H2,2H3. The van der Waals surface area contributed by atoms with Crippen molar-refractivity contribution in [3.63, 3.8) is 0 Å². The van der Waals surface area contributed by atoms with Crippen LogP contribution in [0.15, 0.2) is 23.1 Å². The minimum Gasteiger partial charge on any atom is -0.299 e. The number of rotatable bonds is 3. The van der Waals surface area contributed by atoms with Gasteiger partial charge in [0, 0.05) is 16.9 Å². The van der Waals surface area contributed by atoms with Gasteiger partial charge >= 0.3 is 0 Å². The number of anilines is 1. The van der Waals surface area contributed by atoms with E-state index in [1.165, 1.54) is 11.8 Å². The number of fused-ring (bicyclic) bond motifs is 1. The fourth-order valence-corrected chi connectivity index (χ4v) is 2.82. The molecule has 0 atom stereocenters. The van der Waals surface area contributed by atoms with E-state index in [-0.39, 0.29) is 18.2 Å². The van der Waals surface area contributed by atoms with E-state index < -0.39 is 0 Å². The van der Waals surface area contributed by atoms with Gasteiger partial charge in [-0.2, -0.15) is 0 Å². The van der Waals surface area contributed by atoms with Crippen molar-refractivity contribution in [3.05, 3.63) is 23.8 Å². The fourth-order valence-electron chi connectivity index (χ4n) is 1.85. The summed E-state index contributed by atoms with van der Waals surface area (Å²) in [5.41, 5.74) is 1.50. The molecule has 1 heterocycles. The monoisotopic (exact) mass is 259 g/mol. The molecule has 0 N–H and O–H groups in total. The summed E-state index contributed by atoms with van der Waals surface area (Å²) in [5, 5.41) is 0. The van der Waals surface area contributed by atoms with Crippen LogP contribution in [0.1, 0.15) is 23.7 Å². The number of amides is 1. The van der Waals surface area contributed by atoms with Crippen LogP contribution in [0.3, 0.4) is 0 Å². The van der Waals surface area contributed by atoms with E-state index in [9.17, 15) is 9.59 Å². The number of ketones is 1. The van der Waals surface area contributed by atoms with E-state index in [0.717, 1.165) is 10.6 Å². The first-order chi connectivity index (χ1) is 8.67. The highest BCUT2D eigenvalue weighted by atomic mass is 32.2. The maximum atomic E-state index is 11.8. The van der Waals surface area contributed by atoms with Crippen molar-refractivity contribution < 1.29 is 9.59 Å². The Morgan fingerprint density at radius 2 is 2.33 bits per heavy atom. The van der Waals surface area contributed by atoms with Crippen LogP contribution in [0.25, 0.3) is 0 Å². The third kappa shape index (κ3) is 2.27. The van der Waals surface area contributed by atoms with E-state index in [1.807, 2.05) is 13.0 Å². The zero-order chi connectivity index (χ0) is 13.1. The second-order valence-corrected chi connectivity index (χ2v) is 4.95. The Morgan fingerprint density at radius 3 is 3.00 bits per heavy atom. The zero-order valence-electron chi connectivity index (χ0n) is 10.1. The van der Waals surface area contributed by atoms with Crippen LogP contribution in [0, 0.1) is 12.3 Å². The van der Waals surface area contributed by atoms with Crippen LogP contribution < -0.4 is 4.90 Å². The van der Waals surface area contributed by atoms with Crippen molar-refractivity contribution in [1.29, 1.82) is 0 Å². The number of hydrogen-bond donors (Lipinski definition) is 0. The molecule has 0 saturated heterocycles. The summed E-state index contributed by atoms with van der Waals surface area (Å²) in [4.78, 5) is 26.0. The quantitative estimate of drug-likeness (QED) is 0.617. The Balaban J connectivity index is 2.40. The number of carbonyl (C=O) groups is 2. The second-order valence-electron chi connectivity index (χ2n) is 3.93. The van der Waals surface area contributed by atoms with Crippen LogP contribution in [-0.4, -0.2) is 24.0 Å². The molecule has 92 valence electrons. The zero-order valence-corrected chi connectivity index (χ0v) is 10.9. The van der Waals surface area contributed by atoms with Crippen molar-refractivity contribution >= 4 is 29.1 Å². The lowest BCUT2D eigenvalue weighted by Crippen LogP contribution is -2.35. The average Bonchev–Trinajstić information content (AvgIpc) is 2.40. The van der Waals surface area contributed by atoms with Crippen LogP contribution in [0.4, 0.5) is 5.69 Å². The van der Waals surface area contributed by atoms with Crippen molar-refractivity contribution in [2.45, 2.75) is 18.2 Å². The minimum atomic E-state index is 0.0139. The van der Waals surface area contributed by atoms with Crippen molar-refractivity contribution in [3.8, 4) is 12.3 Å². The summed E-state index contributed by atoms with van der Waals surface area (Å²) in [6, 6.07) is 5.41. The maximum Gasteiger partial charge on any atom is 0.238 e. The molecule has 1 amide bonds. The van der Waals surface area contributed by atoms with Gasteiger partial charge in [0.15, 0.2) is 5.78 Å². The topological polar surface area (TPSA) is 37.4 Å². The summed E-state index contributed by atoms with van der Waals surface area (Å²) in [5.74, 6) is 2.98. The van der Waals surface area contributed by atoms with E-state index in [0.29, 0.717) is 17.7 Å². The molecular formula is C14H13NO2S. The van der Waals surface area contributed by atoms with Gasteiger partial charge in [-0.05, 0) is 18.2 Å². The first-order valence-corrected chi connectivity index (χ1v) is 6.69. The second kappa shape index (κ2) is 5.28. The lowest BCUT2D eigenvalue weighted by Gasteiger charge is -2.27. The van der Waals surface area contributed by atoms with Gasteiger partial charge in [-0.1, -0.05) is 12.8 Å². The summed E-state index contributed by atoms with van der Waals surface area (Å²) >= 11 is 1.46. The molecule has 18 heavy (non-hydrogen) atoms. The Labute approximate surface area is 111 Å². The van der Waals surface area contributed by atoms with Crippen molar-refractivity contribution in [1.82, 2.24) is 0 Å². The lowest BCUT2D eigenvalue weighted by atomic mass is 10.1. The molecular weight excluding hydrogens is 246 g/mol. The SMILES string of the molecule is C#CCN1C(=O)CSc2cc(C(=O)CC)ccc21. The maximum absolute atomic E-state index is 11.8. The molecule has 0 radical (unpaired) electrons. The molecule has 0 bridgehead atoms. The van der Waals surface area contributed by atoms with E-state index in [1.54, 1.807) is 17.0 Å². The molecule has 0 spiro atoms.